The number of allylic oxidation sites excluding steroid dienone is 1. The van der Waals surface area contributed by atoms with E-state index < -0.39 is 4.92 Å². The molecular formula is C20H19ClN2O4. The monoisotopic (exact) mass is 386 g/mol. The van der Waals surface area contributed by atoms with Gasteiger partial charge in [-0.15, -0.1) is 0 Å². The average molecular weight is 387 g/mol. The first-order valence-electron chi connectivity index (χ1n) is 8.30. The molecule has 0 radical (unpaired) electrons. The number of hydrogen-bond acceptors (Lipinski definition) is 5. The van der Waals surface area contributed by atoms with Crippen LogP contribution in [-0.4, -0.2) is 18.1 Å². The van der Waals surface area contributed by atoms with Crippen molar-refractivity contribution in [1.29, 1.82) is 5.26 Å². The SMILES string of the molecule is CCC(C)Oc1c(Cl)cc(C=C(C#N)c2ccc([N+](=O)[O-])cc2)cc1OC. The van der Waals surface area contributed by atoms with E-state index in [0.717, 1.165) is 6.42 Å². The molecule has 0 aliphatic rings. The van der Waals surface area contributed by atoms with Gasteiger partial charge in [0.25, 0.3) is 5.69 Å². The van der Waals surface area contributed by atoms with Crippen molar-refractivity contribution < 1.29 is 14.4 Å². The molecule has 0 saturated carbocycles. The number of methoxy groups -OCH3 is 1. The molecule has 27 heavy (non-hydrogen) atoms. The summed E-state index contributed by atoms with van der Waals surface area (Å²) in [6.45, 7) is 3.94. The van der Waals surface area contributed by atoms with Gasteiger partial charge in [0.2, 0.25) is 0 Å². The average Bonchev–Trinajstić information content (AvgIpc) is 2.67. The maximum absolute atomic E-state index is 10.8. The first kappa shape index (κ1) is 20.3. The molecule has 140 valence electrons. The summed E-state index contributed by atoms with van der Waals surface area (Å²) >= 11 is 6.35. The summed E-state index contributed by atoms with van der Waals surface area (Å²) in [5.74, 6) is 0.926. The lowest BCUT2D eigenvalue weighted by molar-refractivity contribution is -0.384. The van der Waals surface area contributed by atoms with Gasteiger partial charge >= 0.3 is 0 Å². The maximum Gasteiger partial charge on any atom is 0.269 e. The third kappa shape index (κ3) is 4.99. The van der Waals surface area contributed by atoms with Crippen LogP contribution in [0.15, 0.2) is 36.4 Å². The Labute approximate surface area is 162 Å². The molecule has 7 heteroatoms. The highest BCUT2D eigenvalue weighted by Gasteiger charge is 2.15. The Morgan fingerprint density at radius 3 is 2.56 bits per heavy atom. The fraction of sp³-hybridized carbons (Fsp3) is 0.250. The minimum absolute atomic E-state index is 0.0208. The van der Waals surface area contributed by atoms with E-state index in [0.29, 0.717) is 33.2 Å². The molecule has 0 bridgehead atoms. The van der Waals surface area contributed by atoms with Crippen molar-refractivity contribution in [3.05, 3.63) is 62.7 Å². The van der Waals surface area contributed by atoms with Crippen molar-refractivity contribution in [3.8, 4) is 17.6 Å². The Hall–Kier alpha value is -3.04. The summed E-state index contributed by atoms with van der Waals surface area (Å²) in [6.07, 6.45) is 2.44. The van der Waals surface area contributed by atoms with E-state index in [1.807, 2.05) is 13.8 Å². The normalized spacial score (nSPS) is 12.2. The Morgan fingerprint density at radius 1 is 1.37 bits per heavy atom. The van der Waals surface area contributed by atoms with Crippen molar-refractivity contribution in [2.75, 3.05) is 7.11 Å². The number of halogens is 1. The van der Waals surface area contributed by atoms with Crippen LogP contribution in [0.3, 0.4) is 0 Å². The quantitative estimate of drug-likeness (QED) is 0.271. The Bertz CT molecular complexity index is 901. The lowest BCUT2D eigenvalue weighted by atomic mass is 10.0. The molecule has 0 N–H and O–H groups in total. The molecule has 1 unspecified atom stereocenters. The number of nitro benzene ring substituents is 1. The molecule has 2 rings (SSSR count). The number of benzene rings is 2. The smallest absolute Gasteiger partial charge is 0.269 e. The molecular weight excluding hydrogens is 368 g/mol. The van der Waals surface area contributed by atoms with Gasteiger partial charge in [-0.3, -0.25) is 10.1 Å². The van der Waals surface area contributed by atoms with Crippen LogP contribution in [-0.2, 0) is 0 Å². The van der Waals surface area contributed by atoms with E-state index in [9.17, 15) is 15.4 Å². The van der Waals surface area contributed by atoms with Crippen LogP contribution in [0.25, 0.3) is 11.6 Å². The van der Waals surface area contributed by atoms with Gasteiger partial charge in [-0.25, -0.2) is 0 Å². The van der Waals surface area contributed by atoms with E-state index in [2.05, 4.69) is 6.07 Å². The zero-order valence-electron chi connectivity index (χ0n) is 15.2. The minimum Gasteiger partial charge on any atom is -0.493 e. The number of hydrogen-bond donors (Lipinski definition) is 0. The molecule has 0 amide bonds. The Kier molecular flexibility index (Phi) is 6.80. The van der Waals surface area contributed by atoms with Crippen molar-refractivity contribution in [2.45, 2.75) is 26.4 Å². The van der Waals surface area contributed by atoms with Crippen LogP contribution >= 0.6 is 11.6 Å². The lowest BCUT2D eigenvalue weighted by Gasteiger charge is -2.17. The van der Waals surface area contributed by atoms with E-state index in [4.69, 9.17) is 21.1 Å². The molecule has 0 spiro atoms. The standard InChI is InChI=1S/C20H19ClN2O4/c1-4-13(2)27-20-18(21)10-14(11-19(20)26-3)9-16(12-22)15-5-7-17(8-6-15)23(24)25/h5-11,13H,4H2,1-3H3. The summed E-state index contributed by atoms with van der Waals surface area (Å²) in [4.78, 5) is 10.3. The second-order valence-electron chi connectivity index (χ2n) is 5.84. The number of nitro groups is 1. The van der Waals surface area contributed by atoms with Gasteiger partial charge in [0, 0.05) is 12.1 Å². The number of rotatable bonds is 7. The minimum atomic E-state index is -0.486. The van der Waals surface area contributed by atoms with Gasteiger partial charge in [-0.1, -0.05) is 18.5 Å². The second-order valence-corrected chi connectivity index (χ2v) is 6.25. The Balaban J connectivity index is 2.42. The first-order chi connectivity index (χ1) is 12.9. The third-order valence-electron chi connectivity index (χ3n) is 3.97. The third-order valence-corrected chi connectivity index (χ3v) is 4.25. The molecule has 0 saturated heterocycles. The van der Waals surface area contributed by atoms with E-state index >= 15 is 0 Å². The second kappa shape index (κ2) is 9.06. The van der Waals surface area contributed by atoms with E-state index in [1.165, 1.54) is 31.4 Å². The summed E-state index contributed by atoms with van der Waals surface area (Å²) in [5.41, 5.74) is 1.53. The van der Waals surface area contributed by atoms with Crippen molar-refractivity contribution in [2.24, 2.45) is 0 Å². The predicted molar refractivity (Wildman–Crippen MR) is 105 cm³/mol. The summed E-state index contributed by atoms with van der Waals surface area (Å²) in [7, 11) is 1.52. The van der Waals surface area contributed by atoms with Crippen LogP contribution in [0.5, 0.6) is 11.5 Å². The summed E-state index contributed by atoms with van der Waals surface area (Å²) in [6, 6.07) is 11.3. The molecule has 1 atom stereocenters. The zero-order chi connectivity index (χ0) is 20.0. The molecule has 2 aromatic rings. The summed E-state index contributed by atoms with van der Waals surface area (Å²) in [5, 5.41) is 20.6. The molecule has 6 nitrogen and oxygen atoms in total. The highest BCUT2D eigenvalue weighted by molar-refractivity contribution is 6.32. The molecule has 0 aliphatic heterocycles. The van der Waals surface area contributed by atoms with E-state index in [1.54, 1.807) is 18.2 Å². The highest BCUT2D eigenvalue weighted by atomic mass is 35.5. The van der Waals surface area contributed by atoms with Gasteiger partial charge in [0.05, 0.1) is 34.8 Å². The Morgan fingerprint density at radius 2 is 2.04 bits per heavy atom. The largest absolute Gasteiger partial charge is 0.493 e. The van der Waals surface area contributed by atoms with Crippen LogP contribution in [0, 0.1) is 21.4 Å². The number of non-ortho nitro benzene ring substituents is 1. The lowest BCUT2D eigenvalue weighted by Crippen LogP contribution is -2.11. The number of nitriles is 1. The van der Waals surface area contributed by atoms with Gasteiger partial charge < -0.3 is 9.47 Å². The van der Waals surface area contributed by atoms with Crippen LogP contribution in [0.2, 0.25) is 5.02 Å². The molecule has 0 aliphatic carbocycles. The predicted octanol–water partition coefficient (Wildman–Crippen LogP) is 5.50. The van der Waals surface area contributed by atoms with Crippen molar-refractivity contribution in [1.82, 2.24) is 0 Å². The van der Waals surface area contributed by atoms with Crippen LogP contribution in [0.4, 0.5) is 5.69 Å². The van der Waals surface area contributed by atoms with Gasteiger partial charge in [0.15, 0.2) is 11.5 Å². The van der Waals surface area contributed by atoms with Crippen molar-refractivity contribution >= 4 is 28.9 Å². The topological polar surface area (TPSA) is 85.4 Å². The fourth-order valence-electron chi connectivity index (χ4n) is 2.33. The van der Waals surface area contributed by atoms with Gasteiger partial charge in [-0.05, 0) is 54.8 Å². The molecule has 2 aromatic carbocycles. The number of ether oxygens (including phenoxy) is 2. The summed E-state index contributed by atoms with van der Waals surface area (Å²) < 4.78 is 11.2. The van der Waals surface area contributed by atoms with Crippen LogP contribution in [0.1, 0.15) is 31.4 Å². The van der Waals surface area contributed by atoms with Gasteiger partial charge in [0.1, 0.15) is 0 Å². The molecule has 0 fully saturated rings. The van der Waals surface area contributed by atoms with E-state index in [-0.39, 0.29) is 11.8 Å². The maximum atomic E-state index is 10.8. The zero-order valence-corrected chi connectivity index (χ0v) is 16.0. The fourth-order valence-corrected chi connectivity index (χ4v) is 2.60. The molecule has 0 aromatic heterocycles. The number of nitrogens with zero attached hydrogens (tertiary/aromatic N) is 2. The van der Waals surface area contributed by atoms with Crippen LogP contribution < -0.4 is 9.47 Å². The first-order valence-corrected chi connectivity index (χ1v) is 8.68. The molecule has 0 heterocycles. The van der Waals surface area contributed by atoms with Crippen molar-refractivity contribution in [3.63, 3.8) is 0 Å². The van der Waals surface area contributed by atoms with Gasteiger partial charge in [-0.2, -0.15) is 5.26 Å². The highest BCUT2D eigenvalue weighted by Crippen LogP contribution is 2.38.